The zero-order chi connectivity index (χ0) is 18.5. The summed E-state index contributed by atoms with van der Waals surface area (Å²) in [6, 6.07) is 9.15. The van der Waals surface area contributed by atoms with Crippen molar-refractivity contribution < 1.29 is 14.7 Å². The summed E-state index contributed by atoms with van der Waals surface area (Å²) in [6.45, 7) is 0.549. The van der Waals surface area contributed by atoms with E-state index in [1.54, 1.807) is 4.90 Å². The summed E-state index contributed by atoms with van der Waals surface area (Å²) in [4.78, 5) is 26.9. The third-order valence-corrected chi connectivity index (χ3v) is 6.54. The van der Waals surface area contributed by atoms with Crippen LogP contribution in [0.4, 0.5) is 0 Å². The minimum absolute atomic E-state index is 0.0932. The second kappa shape index (κ2) is 6.22. The fourth-order valence-electron chi connectivity index (χ4n) is 5.36. The van der Waals surface area contributed by atoms with Crippen LogP contribution in [0.5, 0.6) is 0 Å². The lowest BCUT2D eigenvalue weighted by atomic mass is 9.94. The van der Waals surface area contributed by atoms with Crippen molar-refractivity contribution >= 4 is 11.9 Å². The van der Waals surface area contributed by atoms with Gasteiger partial charge in [-0.2, -0.15) is 5.10 Å². The van der Waals surface area contributed by atoms with Crippen molar-refractivity contribution in [3.05, 3.63) is 47.3 Å². The number of rotatable bonds is 3. The Morgan fingerprint density at radius 1 is 1.07 bits per heavy atom. The molecule has 2 fully saturated rings. The molecule has 1 aromatic carbocycles. The van der Waals surface area contributed by atoms with Crippen molar-refractivity contribution in [2.24, 2.45) is 11.8 Å². The smallest absolute Gasteiger partial charge is 0.326 e. The Labute approximate surface area is 157 Å². The third-order valence-electron chi connectivity index (χ3n) is 6.54. The van der Waals surface area contributed by atoms with Crippen LogP contribution in [0.3, 0.4) is 0 Å². The Kier molecular flexibility index (Phi) is 3.81. The Balaban J connectivity index is 1.53. The van der Waals surface area contributed by atoms with Crippen LogP contribution in [0, 0.1) is 11.8 Å². The minimum atomic E-state index is -0.878. The molecule has 140 valence electrons. The monoisotopic (exact) mass is 365 g/mol. The first-order valence-electron chi connectivity index (χ1n) is 9.85. The number of fused-ring (bicyclic) bond motifs is 2. The standard InChI is InChI=1S/C21H23N3O3/c25-20(23-12-13-6-4-9-15(13)19(23)21(26)27)18-16-10-5-11-17(16)24(22-18)14-7-2-1-3-8-14/h1-3,7-8,13,15,19H,4-6,9-12H2,(H,26,27). The van der Waals surface area contributed by atoms with E-state index < -0.39 is 12.0 Å². The number of likely N-dealkylation sites (tertiary alicyclic amines) is 1. The van der Waals surface area contributed by atoms with E-state index in [-0.39, 0.29) is 11.8 Å². The quantitative estimate of drug-likeness (QED) is 0.907. The van der Waals surface area contributed by atoms with Gasteiger partial charge in [-0.05, 0) is 56.1 Å². The van der Waals surface area contributed by atoms with Gasteiger partial charge < -0.3 is 10.0 Å². The molecule has 2 aromatic rings. The number of benzene rings is 1. The fourth-order valence-corrected chi connectivity index (χ4v) is 5.36. The number of carbonyl (C=O) groups is 2. The lowest BCUT2D eigenvalue weighted by Gasteiger charge is -2.24. The molecule has 2 aliphatic carbocycles. The van der Waals surface area contributed by atoms with Gasteiger partial charge >= 0.3 is 5.97 Å². The lowest BCUT2D eigenvalue weighted by molar-refractivity contribution is -0.142. The molecular formula is C21H23N3O3. The summed E-state index contributed by atoms with van der Waals surface area (Å²) >= 11 is 0. The highest BCUT2D eigenvalue weighted by Crippen LogP contribution is 2.43. The van der Waals surface area contributed by atoms with Crippen molar-refractivity contribution in [1.29, 1.82) is 0 Å². The predicted octanol–water partition coefficient (Wildman–Crippen LogP) is 2.69. The first-order valence-corrected chi connectivity index (χ1v) is 9.85. The molecule has 0 spiro atoms. The SMILES string of the molecule is O=C(O)C1C2CCCC2CN1C(=O)c1nn(-c2ccccc2)c2c1CCC2. The van der Waals surface area contributed by atoms with E-state index in [0.29, 0.717) is 18.2 Å². The summed E-state index contributed by atoms with van der Waals surface area (Å²) in [7, 11) is 0. The molecule has 1 saturated heterocycles. The summed E-state index contributed by atoms with van der Waals surface area (Å²) in [6.07, 6.45) is 5.74. The van der Waals surface area contributed by atoms with Gasteiger partial charge in [-0.1, -0.05) is 24.6 Å². The molecule has 1 amide bonds. The number of aliphatic carboxylic acids is 1. The molecule has 6 heteroatoms. The molecule has 1 saturated carbocycles. The number of aromatic nitrogens is 2. The van der Waals surface area contributed by atoms with Crippen LogP contribution in [0.25, 0.3) is 5.69 Å². The average Bonchev–Trinajstić information content (AvgIpc) is 3.41. The minimum Gasteiger partial charge on any atom is -0.480 e. The van der Waals surface area contributed by atoms with E-state index in [1.165, 1.54) is 0 Å². The molecule has 0 bridgehead atoms. The van der Waals surface area contributed by atoms with Crippen molar-refractivity contribution in [2.75, 3.05) is 6.54 Å². The molecule has 3 atom stereocenters. The Hall–Kier alpha value is -2.63. The molecule has 5 rings (SSSR count). The van der Waals surface area contributed by atoms with E-state index in [4.69, 9.17) is 0 Å². The maximum atomic E-state index is 13.4. The number of carbonyl (C=O) groups excluding carboxylic acids is 1. The van der Waals surface area contributed by atoms with Crippen molar-refractivity contribution in [3.63, 3.8) is 0 Å². The van der Waals surface area contributed by atoms with Crippen LogP contribution >= 0.6 is 0 Å². The molecule has 0 radical (unpaired) electrons. The molecule has 1 aromatic heterocycles. The van der Waals surface area contributed by atoms with E-state index in [9.17, 15) is 14.7 Å². The van der Waals surface area contributed by atoms with Crippen molar-refractivity contribution in [1.82, 2.24) is 14.7 Å². The second-order valence-electron chi connectivity index (χ2n) is 7.97. The van der Waals surface area contributed by atoms with Crippen LogP contribution in [0.1, 0.15) is 47.4 Å². The Morgan fingerprint density at radius 2 is 1.89 bits per heavy atom. The number of amides is 1. The topological polar surface area (TPSA) is 75.4 Å². The van der Waals surface area contributed by atoms with E-state index >= 15 is 0 Å². The van der Waals surface area contributed by atoms with Gasteiger partial charge in [0.15, 0.2) is 5.69 Å². The normalized spacial score (nSPS) is 26.2. The molecule has 27 heavy (non-hydrogen) atoms. The van der Waals surface area contributed by atoms with E-state index in [1.807, 2.05) is 35.0 Å². The van der Waals surface area contributed by atoms with Crippen LogP contribution in [-0.2, 0) is 17.6 Å². The molecule has 3 aliphatic rings. The van der Waals surface area contributed by atoms with Crippen LogP contribution in [-0.4, -0.2) is 44.3 Å². The van der Waals surface area contributed by atoms with Gasteiger partial charge in [0.1, 0.15) is 6.04 Å². The first-order chi connectivity index (χ1) is 13.1. The highest BCUT2D eigenvalue weighted by Gasteiger charge is 2.50. The molecule has 3 unspecified atom stereocenters. The van der Waals surface area contributed by atoms with Gasteiger partial charge in [0.05, 0.1) is 5.69 Å². The van der Waals surface area contributed by atoms with Gasteiger partial charge in [-0.15, -0.1) is 0 Å². The predicted molar refractivity (Wildman–Crippen MR) is 98.9 cm³/mol. The Bertz CT molecular complexity index is 905. The summed E-state index contributed by atoms with van der Waals surface area (Å²) in [5.74, 6) is -0.670. The number of para-hydroxylation sites is 1. The molecule has 6 nitrogen and oxygen atoms in total. The van der Waals surface area contributed by atoms with Crippen LogP contribution in [0.2, 0.25) is 0 Å². The highest BCUT2D eigenvalue weighted by molar-refractivity contribution is 5.97. The summed E-state index contributed by atoms with van der Waals surface area (Å²) in [5, 5.41) is 14.5. The number of nitrogens with zero attached hydrogens (tertiary/aromatic N) is 3. The average molecular weight is 365 g/mol. The number of hydrogen-bond donors (Lipinski definition) is 1. The van der Waals surface area contributed by atoms with Gasteiger partial charge in [-0.3, -0.25) is 4.79 Å². The van der Waals surface area contributed by atoms with E-state index in [2.05, 4.69) is 5.10 Å². The highest BCUT2D eigenvalue weighted by atomic mass is 16.4. The van der Waals surface area contributed by atoms with Gasteiger partial charge in [0.2, 0.25) is 0 Å². The summed E-state index contributed by atoms with van der Waals surface area (Å²) in [5.41, 5.74) is 3.50. The van der Waals surface area contributed by atoms with Crippen molar-refractivity contribution in [3.8, 4) is 5.69 Å². The van der Waals surface area contributed by atoms with Gasteiger partial charge in [-0.25, -0.2) is 9.48 Å². The number of carboxylic acids is 1. The largest absolute Gasteiger partial charge is 0.480 e. The zero-order valence-corrected chi connectivity index (χ0v) is 15.2. The van der Waals surface area contributed by atoms with Crippen LogP contribution in [0.15, 0.2) is 30.3 Å². The maximum Gasteiger partial charge on any atom is 0.326 e. The third kappa shape index (κ3) is 2.50. The maximum absolute atomic E-state index is 13.4. The molecule has 1 aliphatic heterocycles. The zero-order valence-electron chi connectivity index (χ0n) is 15.2. The second-order valence-corrected chi connectivity index (χ2v) is 7.97. The molecule has 2 heterocycles. The Morgan fingerprint density at radius 3 is 2.67 bits per heavy atom. The summed E-state index contributed by atoms with van der Waals surface area (Å²) < 4.78 is 1.88. The van der Waals surface area contributed by atoms with Crippen LogP contribution < -0.4 is 0 Å². The lowest BCUT2D eigenvalue weighted by Crippen LogP contribution is -2.43. The van der Waals surface area contributed by atoms with Gasteiger partial charge in [0, 0.05) is 17.8 Å². The van der Waals surface area contributed by atoms with Gasteiger partial charge in [0.25, 0.3) is 5.91 Å². The van der Waals surface area contributed by atoms with Crippen molar-refractivity contribution in [2.45, 2.75) is 44.6 Å². The molecular weight excluding hydrogens is 342 g/mol. The number of carboxylic acid groups (broad SMARTS) is 1. The first kappa shape index (κ1) is 16.5. The number of hydrogen-bond acceptors (Lipinski definition) is 3. The van der Waals surface area contributed by atoms with E-state index in [0.717, 1.165) is 55.5 Å². The fraction of sp³-hybridized carbons (Fsp3) is 0.476. The molecule has 1 N–H and O–H groups in total.